The van der Waals surface area contributed by atoms with Crippen LogP contribution in [0.3, 0.4) is 0 Å². The van der Waals surface area contributed by atoms with Gasteiger partial charge < -0.3 is 26.8 Å². The molecular weight excluding hydrogens is 328 g/mol. The zero-order chi connectivity index (χ0) is 18.8. The molecule has 0 heterocycles. The van der Waals surface area contributed by atoms with E-state index in [0.29, 0.717) is 0 Å². The Kier molecular flexibility index (Phi) is 8.07. The first kappa shape index (κ1) is 20.1. The Balaban J connectivity index is 2.76. The van der Waals surface area contributed by atoms with Crippen molar-refractivity contribution >= 4 is 23.7 Å². The van der Waals surface area contributed by atoms with Crippen LogP contribution in [0.4, 0.5) is 0 Å². The lowest BCUT2D eigenvalue weighted by atomic mass is 10.0. The molecular formula is C16H22N4O5. The summed E-state index contributed by atoms with van der Waals surface area (Å²) in [6.45, 7) is 0.740. The molecule has 1 aromatic rings. The van der Waals surface area contributed by atoms with Gasteiger partial charge in [0, 0.05) is 6.42 Å². The normalized spacial score (nSPS) is 12.6. The quantitative estimate of drug-likeness (QED) is 0.361. The average Bonchev–Trinajstić information content (AvgIpc) is 2.59. The number of carbonyl (C=O) groups is 4. The Bertz CT molecular complexity index is 620. The van der Waals surface area contributed by atoms with Gasteiger partial charge in [-0.25, -0.2) is 0 Å². The lowest BCUT2D eigenvalue weighted by Gasteiger charge is -2.20. The van der Waals surface area contributed by atoms with Crippen molar-refractivity contribution in [1.82, 2.24) is 16.0 Å². The lowest BCUT2D eigenvalue weighted by Crippen LogP contribution is -2.53. The van der Waals surface area contributed by atoms with Crippen molar-refractivity contribution in [2.24, 2.45) is 5.73 Å². The van der Waals surface area contributed by atoms with Crippen molar-refractivity contribution in [3.63, 3.8) is 0 Å². The summed E-state index contributed by atoms with van der Waals surface area (Å²) in [5, 5.41) is 16.0. The van der Waals surface area contributed by atoms with Crippen molar-refractivity contribution < 1.29 is 24.3 Å². The van der Waals surface area contributed by atoms with Gasteiger partial charge in [0.15, 0.2) is 0 Å². The number of nitrogens with one attached hydrogen (secondary N) is 3. The maximum Gasteiger partial charge on any atom is 0.325 e. The first-order chi connectivity index (χ1) is 11.8. The standard InChI is InChI=1S/C16H22N4O5/c1-10(16(24)25)19-15(23)12(7-11-5-3-2-4-6-11)20-14(22)9-18-13(21)8-17/h2-6,10,12H,7-9,17H2,1H3,(H,18,21)(H,19,23)(H,20,22)(H,24,25). The minimum atomic E-state index is -1.19. The van der Waals surface area contributed by atoms with Crippen molar-refractivity contribution in [2.45, 2.75) is 25.4 Å². The summed E-state index contributed by atoms with van der Waals surface area (Å²) in [6.07, 6.45) is 0.176. The van der Waals surface area contributed by atoms with Crippen LogP contribution in [0.1, 0.15) is 12.5 Å². The number of carboxylic acid groups (broad SMARTS) is 1. The molecule has 0 aromatic heterocycles. The third-order valence-electron chi connectivity index (χ3n) is 3.30. The first-order valence-electron chi connectivity index (χ1n) is 7.66. The van der Waals surface area contributed by atoms with Crippen LogP contribution >= 0.6 is 0 Å². The molecule has 9 heteroatoms. The zero-order valence-electron chi connectivity index (χ0n) is 13.8. The van der Waals surface area contributed by atoms with Gasteiger partial charge in [-0.3, -0.25) is 19.2 Å². The van der Waals surface area contributed by atoms with E-state index in [-0.39, 0.29) is 19.5 Å². The van der Waals surface area contributed by atoms with Crippen molar-refractivity contribution in [3.05, 3.63) is 35.9 Å². The molecule has 0 aliphatic rings. The summed E-state index contributed by atoms with van der Waals surface area (Å²) < 4.78 is 0. The second-order valence-electron chi connectivity index (χ2n) is 5.36. The van der Waals surface area contributed by atoms with E-state index in [4.69, 9.17) is 10.8 Å². The smallest absolute Gasteiger partial charge is 0.325 e. The van der Waals surface area contributed by atoms with Gasteiger partial charge in [-0.05, 0) is 12.5 Å². The number of hydrogen-bond acceptors (Lipinski definition) is 5. The summed E-state index contributed by atoms with van der Waals surface area (Å²) in [4.78, 5) is 46.2. The van der Waals surface area contributed by atoms with E-state index in [2.05, 4.69) is 16.0 Å². The van der Waals surface area contributed by atoms with Crippen LogP contribution < -0.4 is 21.7 Å². The molecule has 136 valence electrons. The topological polar surface area (TPSA) is 151 Å². The molecule has 2 atom stereocenters. The molecule has 6 N–H and O–H groups in total. The SMILES string of the molecule is CC(NC(=O)C(Cc1ccccc1)NC(=O)CNC(=O)CN)C(=O)O. The van der Waals surface area contributed by atoms with Gasteiger partial charge in [0.25, 0.3) is 0 Å². The van der Waals surface area contributed by atoms with Crippen LogP contribution in [0.15, 0.2) is 30.3 Å². The van der Waals surface area contributed by atoms with Gasteiger partial charge in [-0.15, -0.1) is 0 Å². The van der Waals surface area contributed by atoms with Gasteiger partial charge in [-0.2, -0.15) is 0 Å². The van der Waals surface area contributed by atoms with Crippen molar-refractivity contribution in [1.29, 1.82) is 0 Å². The molecule has 0 bridgehead atoms. The number of rotatable bonds is 9. The van der Waals surface area contributed by atoms with Gasteiger partial charge in [0.05, 0.1) is 13.1 Å². The number of nitrogens with two attached hydrogens (primary N) is 1. The van der Waals surface area contributed by atoms with E-state index < -0.39 is 35.8 Å². The fourth-order valence-corrected chi connectivity index (χ4v) is 1.93. The molecule has 0 aliphatic carbocycles. The maximum absolute atomic E-state index is 12.3. The predicted octanol–water partition coefficient (Wildman–Crippen LogP) is -1.62. The van der Waals surface area contributed by atoms with E-state index in [0.717, 1.165) is 5.56 Å². The Morgan fingerprint density at radius 3 is 2.28 bits per heavy atom. The summed E-state index contributed by atoms with van der Waals surface area (Å²) in [5.41, 5.74) is 5.92. The second kappa shape index (κ2) is 10.0. The van der Waals surface area contributed by atoms with Crippen molar-refractivity contribution in [2.75, 3.05) is 13.1 Å². The van der Waals surface area contributed by atoms with Crippen LogP contribution in [0.25, 0.3) is 0 Å². The molecule has 2 unspecified atom stereocenters. The molecule has 9 nitrogen and oxygen atoms in total. The van der Waals surface area contributed by atoms with Gasteiger partial charge >= 0.3 is 5.97 Å². The fraction of sp³-hybridized carbons (Fsp3) is 0.375. The monoisotopic (exact) mass is 350 g/mol. The molecule has 0 radical (unpaired) electrons. The summed E-state index contributed by atoms with van der Waals surface area (Å²) >= 11 is 0. The summed E-state index contributed by atoms with van der Waals surface area (Å²) in [6, 6.07) is 6.87. The van der Waals surface area contributed by atoms with Gasteiger partial charge in [-0.1, -0.05) is 30.3 Å². The lowest BCUT2D eigenvalue weighted by molar-refractivity contribution is -0.141. The third-order valence-corrected chi connectivity index (χ3v) is 3.30. The van der Waals surface area contributed by atoms with E-state index in [9.17, 15) is 19.2 Å². The van der Waals surface area contributed by atoms with Gasteiger partial charge in [0.1, 0.15) is 12.1 Å². The average molecular weight is 350 g/mol. The molecule has 0 aliphatic heterocycles. The molecule has 0 spiro atoms. The van der Waals surface area contributed by atoms with E-state index in [1.54, 1.807) is 24.3 Å². The largest absolute Gasteiger partial charge is 0.480 e. The highest BCUT2D eigenvalue weighted by Gasteiger charge is 2.24. The molecule has 25 heavy (non-hydrogen) atoms. The Hall–Kier alpha value is -2.94. The maximum atomic E-state index is 12.3. The molecule has 0 fully saturated rings. The molecule has 1 rings (SSSR count). The second-order valence-corrected chi connectivity index (χ2v) is 5.36. The van der Waals surface area contributed by atoms with Crippen molar-refractivity contribution in [3.8, 4) is 0 Å². The Labute approximate surface area is 145 Å². The highest BCUT2D eigenvalue weighted by molar-refractivity contribution is 5.92. The number of carbonyl (C=O) groups excluding carboxylic acids is 3. The van der Waals surface area contributed by atoms with E-state index >= 15 is 0 Å². The van der Waals surface area contributed by atoms with Crippen LogP contribution in [0.5, 0.6) is 0 Å². The van der Waals surface area contributed by atoms with Gasteiger partial charge in [0.2, 0.25) is 17.7 Å². The van der Waals surface area contributed by atoms with Crippen LogP contribution in [-0.4, -0.2) is 54.0 Å². The summed E-state index contributed by atoms with van der Waals surface area (Å²) in [5.74, 6) is -2.90. The number of aliphatic carboxylic acids is 1. The first-order valence-corrected chi connectivity index (χ1v) is 7.66. The molecule has 1 aromatic carbocycles. The van der Waals surface area contributed by atoms with E-state index in [1.807, 2.05) is 6.07 Å². The predicted molar refractivity (Wildman–Crippen MR) is 89.4 cm³/mol. The highest BCUT2D eigenvalue weighted by atomic mass is 16.4. The molecule has 0 saturated carbocycles. The Morgan fingerprint density at radius 1 is 1.08 bits per heavy atom. The molecule has 3 amide bonds. The van der Waals surface area contributed by atoms with Crippen LogP contribution in [-0.2, 0) is 25.6 Å². The highest BCUT2D eigenvalue weighted by Crippen LogP contribution is 2.04. The number of hydrogen-bond donors (Lipinski definition) is 5. The Morgan fingerprint density at radius 2 is 1.72 bits per heavy atom. The van der Waals surface area contributed by atoms with Crippen LogP contribution in [0.2, 0.25) is 0 Å². The minimum Gasteiger partial charge on any atom is -0.480 e. The molecule has 0 saturated heterocycles. The minimum absolute atomic E-state index is 0.176. The number of carboxylic acids is 1. The van der Waals surface area contributed by atoms with Crippen LogP contribution in [0, 0.1) is 0 Å². The van der Waals surface area contributed by atoms with E-state index in [1.165, 1.54) is 6.92 Å². The third kappa shape index (κ3) is 7.44. The zero-order valence-corrected chi connectivity index (χ0v) is 13.8. The fourth-order valence-electron chi connectivity index (χ4n) is 1.93. The summed E-state index contributed by atoms with van der Waals surface area (Å²) in [7, 11) is 0. The number of benzene rings is 1. The number of amides is 3.